The summed E-state index contributed by atoms with van der Waals surface area (Å²) in [6.45, 7) is 0. The predicted molar refractivity (Wildman–Crippen MR) is 68.6 cm³/mol. The molecule has 1 aliphatic carbocycles. The van der Waals surface area contributed by atoms with Crippen LogP contribution in [0.3, 0.4) is 0 Å². The van der Waals surface area contributed by atoms with Crippen LogP contribution in [0.1, 0.15) is 34.9 Å². The molecule has 0 aromatic carbocycles. The van der Waals surface area contributed by atoms with E-state index in [9.17, 15) is 4.79 Å². The minimum Gasteiger partial charge on any atom is -0.464 e. The minimum absolute atomic E-state index is 0.249. The summed E-state index contributed by atoms with van der Waals surface area (Å²) in [5.41, 5.74) is 2.92. The van der Waals surface area contributed by atoms with Gasteiger partial charge in [0.25, 0.3) is 0 Å². The van der Waals surface area contributed by atoms with Gasteiger partial charge < -0.3 is 4.74 Å². The zero-order valence-corrected chi connectivity index (χ0v) is 10.5. The zero-order chi connectivity index (χ0) is 13.2. The van der Waals surface area contributed by atoms with Crippen LogP contribution < -0.4 is 0 Å². The van der Waals surface area contributed by atoms with Gasteiger partial charge in [-0.25, -0.2) is 14.8 Å². The van der Waals surface area contributed by atoms with Crippen LogP contribution in [0.25, 0.3) is 11.3 Å². The van der Waals surface area contributed by atoms with Crippen LogP contribution in [-0.2, 0) is 4.74 Å². The van der Waals surface area contributed by atoms with E-state index >= 15 is 0 Å². The van der Waals surface area contributed by atoms with Crippen LogP contribution in [0.15, 0.2) is 30.7 Å². The Labute approximate surface area is 110 Å². The lowest BCUT2D eigenvalue weighted by Crippen LogP contribution is -2.04. The molecule has 0 atom stereocenters. The Hall–Kier alpha value is -2.30. The van der Waals surface area contributed by atoms with Gasteiger partial charge in [-0.3, -0.25) is 4.98 Å². The lowest BCUT2D eigenvalue weighted by atomic mass is 10.1. The summed E-state index contributed by atoms with van der Waals surface area (Å²) in [6.07, 6.45) is 5.60. The number of carbonyl (C=O) groups is 1. The largest absolute Gasteiger partial charge is 0.464 e. The van der Waals surface area contributed by atoms with Crippen molar-refractivity contribution in [1.82, 2.24) is 15.0 Å². The number of esters is 1. The fourth-order valence-electron chi connectivity index (χ4n) is 1.91. The first-order valence-electron chi connectivity index (χ1n) is 6.14. The number of hydrogen-bond acceptors (Lipinski definition) is 5. The number of carbonyl (C=O) groups excluding carboxylic acids is 1. The molecule has 3 rings (SSSR count). The van der Waals surface area contributed by atoms with Crippen LogP contribution in [0.5, 0.6) is 0 Å². The highest BCUT2D eigenvalue weighted by Crippen LogP contribution is 2.39. The maximum atomic E-state index is 11.4. The van der Waals surface area contributed by atoms with Crippen molar-refractivity contribution < 1.29 is 9.53 Å². The van der Waals surface area contributed by atoms with Crippen molar-refractivity contribution in [1.29, 1.82) is 0 Å². The highest BCUT2D eigenvalue weighted by molar-refractivity contribution is 5.88. The van der Waals surface area contributed by atoms with E-state index in [-0.39, 0.29) is 5.69 Å². The normalized spacial score (nSPS) is 14.2. The minimum atomic E-state index is -0.466. The van der Waals surface area contributed by atoms with Gasteiger partial charge in [-0.15, -0.1) is 0 Å². The topological polar surface area (TPSA) is 65.0 Å². The molecule has 19 heavy (non-hydrogen) atoms. The molecular formula is C14H13N3O2. The lowest BCUT2D eigenvalue weighted by molar-refractivity contribution is 0.0594. The summed E-state index contributed by atoms with van der Waals surface area (Å²) < 4.78 is 4.64. The Kier molecular flexibility index (Phi) is 2.95. The van der Waals surface area contributed by atoms with Gasteiger partial charge in [-0.1, -0.05) is 0 Å². The number of pyridine rings is 1. The van der Waals surface area contributed by atoms with E-state index in [4.69, 9.17) is 0 Å². The lowest BCUT2D eigenvalue weighted by Gasteiger charge is -2.03. The summed E-state index contributed by atoms with van der Waals surface area (Å²) in [5, 5.41) is 0. The number of methoxy groups -OCH3 is 1. The summed E-state index contributed by atoms with van der Waals surface area (Å²) in [7, 11) is 1.33. The molecule has 96 valence electrons. The Balaban J connectivity index is 1.90. The van der Waals surface area contributed by atoms with E-state index in [0.717, 1.165) is 11.3 Å². The van der Waals surface area contributed by atoms with Crippen molar-refractivity contribution in [3.63, 3.8) is 0 Å². The number of hydrogen-bond donors (Lipinski definition) is 0. The summed E-state index contributed by atoms with van der Waals surface area (Å²) >= 11 is 0. The van der Waals surface area contributed by atoms with Crippen LogP contribution >= 0.6 is 0 Å². The molecule has 0 aliphatic heterocycles. The van der Waals surface area contributed by atoms with Gasteiger partial charge in [0.15, 0.2) is 5.69 Å². The number of nitrogens with zero attached hydrogens (tertiary/aromatic N) is 3. The Morgan fingerprint density at radius 2 is 2.11 bits per heavy atom. The van der Waals surface area contributed by atoms with E-state index in [1.54, 1.807) is 12.3 Å². The van der Waals surface area contributed by atoms with Gasteiger partial charge in [0.2, 0.25) is 0 Å². The molecular weight excluding hydrogens is 242 g/mol. The second-order valence-electron chi connectivity index (χ2n) is 4.53. The maximum Gasteiger partial charge on any atom is 0.356 e. The summed E-state index contributed by atoms with van der Waals surface area (Å²) in [4.78, 5) is 23.9. The molecule has 1 fully saturated rings. The van der Waals surface area contributed by atoms with E-state index in [1.165, 1.54) is 26.3 Å². The SMILES string of the molecule is COC(=O)c1cc(-c2ccc(C3CC3)nc2)ncn1. The Morgan fingerprint density at radius 3 is 2.74 bits per heavy atom. The Bertz CT molecular complexity index is 606. The molecule has 0 N–H and O–H groups in total. The Morgan fingerprint density at radius 1 is 1.26 bits per heavy atom. The van der Waals surface area contributed by atoms with Gasteiger partial charge in [-0.2, -0.15) is 0 Å². The van der Waals surface area contributed by atoms with Crippen LogP contribution in [0.4, 0.5) is 0 Å². The van der Waals surface area contributed by atoms with Gasteiger partial charge in [0, 0.05) is 23.4 Å². The third-order valence-corrected chi connectivity index (χ3v) is 3.14. The van der Waals surface area contributed by atoms with Gasteiger partial charge in [0.1, 0.15) is 6.33 Å². The van der Waals surface area contributed by atoms with Crippen LogP contribution in [0, 0.1) is 0 Å². The van der Waals surface area contributed by atoms with Crippen molar-refractivity contribution >= 4 is 5.97 Å². The number of rotatable bonds is 3. The molecule has 5 nitrogen and oxygen atoms in total. The second-order valence-corrected chi connectivity index (χ2v) is 4.53. The van der Waals surface area contributed by atoms with E-state index in [0.29, 0.717) is 11.6 Å². The van der Waals surface area contributed by atoms with Gasteiger partial charge in [-0.05, 0) is 31.0 Å². The summed E-state index contributed by atoms with van der Waals surface area (Å²) in [6, 6.07) is 5.61. The molecule has 0 bridgehead atoms. The average molecular weight is 255 g/mol. The molecule has 2 aromatic rings. The van der Waals surface area contributed by atoms with Gasteiger partial charge >= 0.3 is 5.97 Å². The third kappa shape index (κ3) is 2.45. The summed E-state index contributed by atoms with van der Waals surface area (Å²) in [5.74, 6) is 0.163. The molecule has 5 heteroatoms. The molecule has 2 heterocycles. The van der Waals surface area contributed by atoms with Crippen molar-refractivity contribution in [3.8, 4) is 11.3 Å². The zero-order valence-electron chi connectivity index (χ0n) is 10.5. The fourth-order valence-corrected chi connectivity index (χ4v) is 1.91. The third-order valence-electron chi connectivity index (χ3n) is 3.14. The molecule has 2 aromatic heterocycles. The molecule has 0 unspecified atom stereocenters. The van der Waals surface area contributed by atoms with Crippen molar-refractivity contribution in [3.05, 3.63) is 42.1 Å². The first kappa shape index (κ1) is 11.8. The first-order valence-corrected chi connectivity index (χ1v) is 6.14. The smallest absolute Gasteiger partial charge is 0.356 e. The van der Waals surface area contributed by atoms with E-state index in [2.05, 4.69) is 19.7 Å². The highest BCUT2D eigenvalue weighted by atomic mass is 16.5. The van der Waals surface area contributed by atoms with E-state index < -0.39 is 5.97 Å². The molecule has 1 aliphatic rings. The number of aromatic nitrogens is 3. The molecule has 0 amide bonds. The fraction of sp³-hybridized carbons (Fsp3) is 0.286. The molecule has 1 saturated carbocycles. The highest BCUT2D eigenvalue weighted by Gasteiger charge is 2.24. The quantitative estimate of drug-likeness (QED) is 0.787. The van der Waals surface area contributed by atoms with Gasteiger partial charge in [0.05, 0.1) is 12.8 Å². The maximum absolute atomic E-state index is 11.4. The molecule has 0 spiro atoms. The van der Waals surface area contributed by atoms with Crippen LogP contribution in [-0.4, -0.2) is 28.0 Å². The molecule has 0 radical (unpaired) electrons. The number of ether oxygens (including phenoxy) is 1. The standard InChI is InChI=1S/C14H13N3O2/c1-19-14(18)13-6-12(16-8-17-13)10-4-5-11(15-7-10)9-2-3-9/h4-9H,2-3H2,1H3. The van der Waals surface area contributed by atoms with Crippen molar-refractivity contribution in [2.75, 3.05) is 7.11 Å². The first-order chi connectivity index (χ1) is 9.28. The van der Waals surface area contributed by atoms with Crippen molar-refractivity contribution in [2.45, 2.75) is 18.8 Å². The predicted octanol–water partition coefficient (Wildman–Crippen LogP) is 2.20. The monoisotopic (exact) mass is 255 g/mol. The van der Waals surface area contributed by atoms with Crippen molar-refractivity contribution in [2.24, 2.45) is 0 Å². The van der Waals surface area contributed by atoms with E-state index in [1.807, 2.05) is 12.1 Å². The van der Waals surface area contributed by atoms with Crippen LogP contribution in [0.2, 0.25) is 0 Å². The molecule has 0 saturated heterocycles. The second kappa shape index (κ2) is 4.76. The average Bonchev–Trinajstić information content (AvgIpc) is 3.31.